The molecule has 1 aromatic heterocycles. The summed E-state index contributed by atoms with van der Waals surface area (Å²) in [5.41, 5.74) is -0.559. The fourth-order valence-electron chi connectivity index (χ4n) is 3.90. The van der Waals surface area contributed by atoms with Gasteiger partial charge in [-0.05, 0) is 55.0 Å². The lowest BCUT2D eigenvalue weighted by atomic mass is 10.1. The molecule has 7 nitrogen and oxygen atoms in total. The number of amides is 3. The van der Waals surface area contributed by atoms with Crippen LogP contribution in [0.25, 0.3) is 0 Å². The predicted octanol–water partition coefficient (Wildman–Crippen LogP) is 5.24. The van der Waals surface area contributed by atoms with E-state index in [1.807, 2.05) is 4.90 Å². The third-order valence-corrected chi connectivity index (χ3v) is 5.68. The van der Waals surface area contributed by atoms with Gasteiger partial charge in [0, 0.05) is 31.7 Å². The fraction of sp³-hybridized carbons (Fsp3) is 0.240. The maximum absolute atomic E-state index is 13.1. The molecule has 0 saturated carbocycles. The summed E-state index contributed by atoms with van der Waals surface area (Å²) in [4.78, 5) is 33.0. The summed E-state index contributed by atoms with van der Waals surface area (Å²) in [7, 11) is 0. The van der Waals surface area contributed by atoms with E-state index >= 15 is 0 Å². The number of benzene rings is 2. The van der Waals surface area contributed by atoms with E-state index in [0.29, 0.717) is 49.7 Å². The van der Waals surface area contributed by atoms with Gasteiger partial charge < -0.3 is 20.4 Å². The molecule has 1 aliphatic heterocycles. The Morgan fingerprint density at radius 2 is 1.61 bits per heavy atom. The molecule has 188 valence electrons. The van der Waals surface area contributed by atoms with Crippen molar-refractivity contribution in [2.45, 2.75) is 12.6 Å². The molecule has 1 aliphatic rings. The van der Waals surface area contributed by atoms with Gasteiger partial charge in [-0.2, -0.15) is 13.2 Å². The summed E-state index contributed by atoms with van der Waals surface area (Å²) >= 11 is 0. The number of hydrogen-bond donors (Lipinski definition) is 2. The van der Waals surface area contributed by atoms with Gasteiger partial charge in [-0.15, -0.1) is 0 Å². The number of rotatable bonds is 4. The third-order valence-electron chi connectivity index (χ3n) is 5.68. The SMILES string of the molecule is O=C(Nc1ccc(N2CCCN(C(=O)c3ccc(F)cc3)CC2)nc1)Nc1ccccc1C(F)(F)F. The first kappa shape index (κ1) is 25.0. The summed E-state index contributed by atoms with van der Waals surface area (Å²) in [6.45, 7) is 2.19. The lowest BCUT2D eigenvalue weighted by Crippen LogP contribution is -2.35. The molecule has 0 atom stereocenters. The fourth-order valence-corrected chi connectivity index (χ4v) is 3.90. The highest BCUT2D eigenvalue weighted by atomic mass is 19.4. The van der Waals surface area contributed by atoms with Gasteiger partial charge in [-0.3, -0.25) is 4.79 Å². The molecule has 0 spiro atoms. The van der Waals surface area contributed by atoms with Crippen molar-refractivity contribution in [3.63, 3.8) is 0 Å². The second-order valence-electron chi connectivity index (χ2n) is 8.17. The number of halogens is 4. The molecule has 3 aromatic rings. The highest BCUT2D eigenvalue weighted by molar-refractivity contribution is 6.00. The zero-order chi connectivity index (χ0) is 25.7. The Morgan fingerprint density at radius 1 is 0.861 bits per heavy atom. The minimum absolute atomic E-state index is 0.164. The number of hydrogen-bond acceptors (Lipinski definition) is 4. The molecule has 0 bridgehead atoms. The predicted molar refractivity (Wildman–Crippen MR) is 127 cm³/mol. The smallest absolute Gasteiger partial charge is 0.355 e. The van der Waals surface area contributed by atoms with Gasteiger partial charge in [0.1, 0.15) is 11.6 Å². The highest BCUT2D eigenvalue weighted by Crippen LogP contribution is 2.34. The first-order valence-corrected chi connectivity index (χ1v) is 11.2. The van der Waals surface area contributed by atoms with Gasteiger partial charge in [0.05, 0.1) is 23.1 Å². The van der Waals surface area contributed by atoms with Gasteiger partial charge in [0.25, 0.3) is 5.91 Å². The maximum atomic E-state index is 13.1. The molecule has 4 rings (SSSR count). The highest BCUT2D eigenvalue weighted by Gasteiger charge is 2.33. The zero-order valence-corrected chi connectivity index (χ0v) is 19.1. The van der Waals surface area contributed by atoms with Crippen LogP contribution in [0, 0.1) is 5.82 Å². The van der Waals surface area contributed by atoms with Crippen LogP contribution in [0.2, 0.25) is 0 Å². The van der Waals surface area contributed by atoms with Gasteiger partial charge in [-0.1, -0.05) is 12.1 Å². The minimum Gasteiger partial charge on any atom is -0.355 e. The van der Waals surface area contributed by atoms with Crippen molar-refractivity contribution in [3.05, 3.63) is 83.8 Å². The van der Waals surface area contributed by atoms with Gasteiger partial charge in [0.15, 0.2) is 0 Å². The van der Waals surface area contributed by atoms with E-state index in [2.05, 4.69) is 15.6 Å². The number of carbonyl (C=O) groups excluding carboxylic acids is 2. The summed E-state index contributed by atoms with van der Waals surface area (Å²) in [5, 5.41) is 4.69. The van der Waals surface area contributed by atoms with Crippen molar-refractivity contribution in [2.75, 3.05) is 41.7 Å². The molecular weight excluding hydrogens is 478 g/mol. The van der Waals surface area contributed by atoms with Crippen LogP contribution in [0.15, 0.2) is 66.9 Å². The Labute approximate surface area is 204 Å². The average molecular weight is 501 g/mol. The zero-order valence-electron chi connectivity index (χ0n) is 19.1. The van der Waals surface area contributed by atoms with Crippen LogP contribution in [0.5, 0.6) is 0 Å². The summed E-state index contributed by atoms with van der Waals surface area (Å²) in [5.74, 6) is 0.0723. The molecule has 3 amide bonds. The van der Waals surface area contributed by atoms with E-state index in [-0.39, 0.29) is 11.6 Å². The molecule has 1 fully saturated rings. The van der Waals surface area contributed by atoms with Crippen LogP contribution in [0.3, 0.4) is 0 Å². The Hall–Kier alpha value is -4.15. The van der Waals surface area contributed by atoms with Crippen molar-refractivity contribution in [1.29, 1.82) is 0 Å². The Balaban J connectivity index is 1.34. The van der Waals surface area contributed by atoms with Gasteiger partial charge in [-0.25, -0.2) is 14.2 Å². The number of nitrogens with zero attached hydrogens (tertiary/aromatic N) is 3. The van der Waals surface area contributed by atoms with Crippen LogP contribution < -0.4 is 15.5 Å². The molecule has 11 heteroatoms. The number of para-hydroxylation sites is 1. The quantitative estimate of drug-likeness (QED) is 0.480. The maximum Gasteiger partial charge on any atom is 0.418 e. The monoisotopic (exact) mass is 501 g/mol. The first-order valence-electron chi connectivity index (χ1n) is 11.2. The van der Waals surface area contributed by atoms with E-state index in [9.17, 15) is 27.2 Å². The summed E-state index contributed by atoms with van der Waals surface area (Å²) in [6.07, 6.45) is -2.48. The standard InChI is InChI=1S/C25H23F4N5O2/c26-18-8-6-17(7-9-18)23(35)34-13-3-12-33(14-15-34)22-11-10-19(16-30-22)31-24(36)32-21-5-2-1-4-20(21)25(27,28)29/h1-2,4-11,16H,3,12-15H2,(H2,31,32,36). The van der Waals surface area contributed by atoms with E-state index in [1.54, 1.807) is 17.0 Å². The Kier molecular flexibility index (Phi) is 7.37. The van der Waals surface area contributed by atoms with E-state index < -0.39 is 23.6 Å². The number of carbonyl (C=O) groups is 2. The second kappa shape index (κ2) is 10.6. The Bertz CT molecular complexity index is 1220. The van der Waals surface area contributed by atoms with Crippen LogP contribution >= 0.6 is 0 Å². The molecule has 2 aromatic carbocycles. The third kappa shape index (κ3) is 6.09. The molecule has 1 saturated heterocycles. The lowest BCUT2D eigenvalue weighted by Gasteiger charge is -2.23. The van der Waals surface area contributed by atoms with Crippen LogP contribution in [0.4, 0.5) is 39.5 Å². The number of anilines is 3. The van der Waals surface area contributed by atoms with E-state index in [0.717, 1.165) is 6.07 Å². The molecule has 2 heterocycles. The van der Waals surface area contributed by atoms with Gasteiger partial charge >= 0.3 is 12.2 Å². The van der Waals surface area contributed by atoms with Crippen LogP contribution in [-0.4, -0.2) is 48.0 Å². The number of aromatic nitrogens is 1. The summed E-state index contributed by atoms with van der Waals surface area (Å²) < 4.78 is 52.5. The van der Waals surface area contributed by atoms with Crippen molar-refractivity contribution < 1.29 is 27.2 Å². The molecular formula is C25H23F4N5O2. The second-order valence-corrected chi connectivity index (χ2v) is 8.17. The number of pyridine rings is 1. The summed E-state index contributed by atoms with van der Waals surface area (Å²) in [6, 6.07) is 12.6. The van der Waals surface area contributed by atoms with E-state index in [1.165, 1.54) is 48.7 Å². The molecule has 0 unspecified atom stereocenters. The van der Waals surface area contributed by atoms with Crippen molar-refractivity contribution in [3.8, 4) is 0 Å². The van der Waals surface area contributed by atoms with Crippen molar-refractivity contribution in [1.82, 2.24) is 9.88 Å². The topological polar surface area (TPSA) is 77.6 Å². The van der Waals surface area contributed by atoms with Crippen LogP contribution in [-0.2, 0) is 6.18 Å². The van der Waals surface area contributed by atoms with Crippen molar-refractivity contribution >= 4 is 29.1 Å². The average Bonchev–Trinajstić information content (AvgIpc) is 3.11. The number of urea groups is 1. The molecule has 2 N–H and O–H groups in total. The Morgan fingerprint density at radius 3 is 2.31 bits per heavy atom. The largest absolute Gasteiger partial charge is 0.418 e. The molecule has 36 heavy (non-hydrogen) atoms. The normalized spacial score (nSPS) is 14.2. The molecule has 0 radical (unpaired) electrons. The minimum atomic E-state index is -4.60. The van der Waals surface area contributed by atoms with Crippen molar-refractivity contribution in [2.24, 2.45) is 0 Å². The van der Waals surface area contributed by atoms with E-state index in [4.69, 9.17) is 0 Å². The lowest BCUT2D eigenvalue weighted by molar-refractivity contribution is -0.136. The molecule has 0 aliphatic carbocycles. The van der Waals surface area contributed by atoms with Gasteiger partial charge in [0.2, 0.25) is 0 Å². The number of nitrogens with one attached hydrogen (secondary N) is 2. The van der Waals surface area contributed by atoms with Crippen LogP contribution in [0.1, 0.15) is 22.3 Å². The number of alkyl halides is 3. The first-order chi connectivity index (χ1) is 17.2.